The van der Waals surface area contributed by atoms with Crippen molar-refractivity contribution in [2.24, 2.45) is 5.73 Å². The Hall–Kier alpha value is -0.860. The minimum Gasteiger partial charge on any atom is -0.375 e. The summed E-state index contributed by atoms with van der Waals surface area (Å²) in [5.41, 5.74) is 8.08. The highest BCUT2D eigenvalue weighted by molar-refractivity contribution is 5.24. The predicted molar refractivity (Wildman–Crippen MR) is 54.5 cm³/mol. The molecule has 1 rings (SSSR count). The molecule has 13 heavy (non-hydrogen) atoms. The molecule has 0 unspecified atom stereocenters. The van der Waals surface area contributed by atoms with E-state index in [1.54, 1.807) is 0 Å². The van der Waals surface area contributed by atoms with E-state index >= 15 is 0 Å². The number of benzene rings is 1. The van der Waals surface area contributed by atoms with Gasteiger partial charge in [0, 0.05) is 6.04 Å². The van der Waals surface area contributed by atoms with Crippen molar-refractivity contribution < 1.29 is 4.74 Å². The van der Waals surface area contributed by atoms with Crippen molar-refractivity contribution in [2.45, 2.75) is 26.5 Å². The molecule has 0 aliphatic heterocycles. The minimum atomic E-state index is 0.115. The molecule has 0 bridgehead atoms. The Labute approximate surface area is 79.7 Å². The van der Waals surface area contributed by atoms with E-state index in [1.165, 1.54) is 11.1 Å². The summed E-state index contributed by atoms with van der Waals surface area (Å²) in [7, 11) is 0. The maximum absolute atomic E-state index is 5.57. The molecule has 0 aromatic heterocycles. The van der Waals surface area contributed by atoms with Gasteiger partial charge in [-0.1, -0.05) is 24.3 Å². The van der Waals surface area contributed by atoms with Crippen LogP contribution in [0.1, 0.15) is 18.1 Å². The van der Waals surface area contributed by atoms with Gasteiger partial charge in [0.2, 0.25) is 0 Å². The second-order valence-corrected chi connectivity index (χ2v) is 3.42. The monoisotopic (exact) mass is 179 g/mol. The van der Waals surface area contributed by atoms with Gasteiger partial charge < -0.3 is 10.5 Å². The summed E-state index contributed by atoms with van der Waals surface area (Å²) in [5.74, 6) is 0. The van der Waals surface area contributed by atoms with E-state index in [4.69, 9.17) is 10.5 Å². The Balaban J connectivity index is 2.41. The van der Waals surface area contributed by atoms with E-state index in [9.17, 15) is 0 Å². The van der Waals surface area contributed by atoms with Gasteiger partial charge in [0.05, 0.1) is 13.2 Å². The second-order valence-electron chi connectivity index (χ2n) is 3.42. The first kappa shape index (κ1) is 10.2. The number of ether oxygens (including phenoxy) is 1. The number of hydrogen-bond acceptors (Lipinski definition) is 2. The van der Waals surface area contributed by atoms with Crippen molar-refractivity contribution in [1.29, 1.82) is 0 Å². The van der Waals surface area contributed by atoms with E-state index in [0.29, 0.717) is 13.2 Å². The summed E-state index contributed by atoms with van der Waals surface area (Å²) in [6, 6.07) is 8.34. The highest BCUT2D eigenvalue weighted by atomic mass is 16.5. The van der Waals surface area contributed by atoms with Gasteiger partial charge in [-0.15, -0.1) is 0 Å². The number of hydrogen-bond donors (Lipinski definition) is 1. The summed E-state index contributed by atoms with van der Waals surface area (Å²) in [4.78, 5) is 0. The van der Waals surface area contributed by atoms with E-state index in [2.05, 4.69) is 19.1 Å². The van der Waals surface area contributed by atoms with Crippen molar-refractivity contribution in [1.82, 2.24) is 0 Å². The van der Waals surface area contributed by atoms with Crippen molar-refractivity contribution in [3.63, 3.8) is 0 Å². The second kappa shape index (κ2) is 5.00. The quantitative estimate of drug-likeness (QED) is 0.765. The Morgan fingerprint density at radius 1 is 1.38 bits per heavy atom. The summed E-state index contributed by atoms with van der Waals surface area (Å²) in [6.45, 7) is 5.31. The van der Waals surface area contributed by atoms with E-state index in [0.717, 1.165) is 0 Å². The fraction of sp³-hybridized carbons (Fsp3) is 0.455. The minimum absolute atomic E-state index is 0.115. The molecule has 1 aromatic rings. The molecule has 2 nitrogen and oxygen atoms in total. The molecule has 72 valence electrons. The van der Waals surface area contributed by atoms with Gasteiger partial charge in [0.25, 0.3) is 0 Å². The maximum Gasteiger partial charge on any atom is 0.0720 e. The molecule has 2 heteroatoms. The summed E-state index contributed by atoms with van der Waals surface area (Å²) in [6.07, 6.45) is 0. The number of nitrogens with two attached hydrogens (primary N) is 1. The van der Waals surface area contributed by atoms with Crippen LogP contribution in [-0.4, -0.2) is 12.6 Å². The van der Waals surface area contributed by atoms with Crippen LogP contribution in [-0.2, 0) is 11.3 Å². The fourth-order valence-electron chi connectivity index (χ4n) is 1.13. The van der Waals surface area contributed by atoms with Crippen LogP contribution >= 0.6 is 0 Å². The lowest BCUT2D eigenvalue weighted by Gasteiger charge is -2.08. The lowest BCUT2D eigenvalue weighted by molar-refractivity contribution is 0.111. The third-order valence-electron chi connectivity index (χ3n) is 1.90. The van der Waals surface area contributed by atoms with Crippen LogP contribution < -0.4 is 5.73 Å². The van der Waals surface area contributed by atoms with Crippen LogP contribution in [0.2, 0.25) is 0 Å². The van der Waals surface area contributed by atoms with Crippen molar-refractivity contribution in [2.75, 3.05) is 6.61 Å². The van der Waals surface area contributed by atoms with Crippen LogP contribution in [0.25, 0.3) is 0 Å². The first-order valence-corrected chi connectivity index (χ1v) is 4.58. The first-order chi connectivity index (χ1) is 6.20. The molecule has 1 aromatic carbocycles. The molecular weight excluding hydrogens is 162 g/mol. The Morgan fingerprint density at radius 3 is 2.69 bits per heavy atom. The molecule has 0 saturated carbocycles. The first-order valence-electron chi connectivity index (χ1n) is 4.58. The topological polar surface area (TPSA) is 35.2 Å². The SMILES string of the molecule is Cc1ccccc1COC[C@H](C)N. The number of rotatable bonds is 4. The van der Waals surface area contributed by atoms with Gasteiger partial charge in [-0.05, 0) is 25.0 Å². The number of aryl methyl sites for hydroxylation is 1. The Morgan fingerprint density at radius 2 is 2.08 bits per heavy atom. The van der Waals surface area contributed by atoms with Gasteiger partial charge in [0.15, 0.2) is 0 Å². The molecule has 0 aliphatic rings. The lowest BCUT2D eigenvalue weighted by atomic mass is 10.1. The highest BCUT2D eigenvalue weighted by Crippen LogP contribution is 2.07. The van der Waals surface area contributed by atoms with Crippen LogP contribution in [0.15, 0.2) is 24.3 Å². The average molecular weight is 179 g/mol. The molecule has 0 heterocycles. The summed E-state index contributed by atoms with van der Waals surface area (Å²) in [5, 5.41) is 0. The molecule has 0 saturated heterocycles. The van der Waals surface area contributed by atoms with Crippen LogP contribution in [0.4, 0.5) is 0 Å². The third-order valence-corrected chi connectivity index (χ3v) is 1.90. The molecule has 0 spiro atoms. The zero-order chi connectivity index (χ0) is 9.68. The average Bonchev–Trinajstić information content (AvgIpc) is 2.08. The molecular formula is C11H17NO. The summed E-state index contributed by atoms with van der Waals surface area (Å²) < 4.78 is 5.44. The van der Waals surface area contributed by atoms with Gasteiger partial charge in [-0.2, -0.15) is 0 Å². The largest absolute Gasteiger partial charge is 0.375 e. The molecule has 0 amide bonds. The predicted octanol–water partition coefficient (Wildman–Crippen LogP) is 1.86. The van der Waals surface area contributed by atoms with Crippen molar-refractivity contribution in [3.05, 3.63) is 35.4 Å². The third kappa shape index (κ3) is 3.57. The standard InChI is InChI=1S/C11H17NO/c1-9-5-3-4-6-11(9)8-13-7-10(2)12/h3-6,10H,7-8,12H2,1-2H3/t10-/m0/s1. The van der Waals surface area contributed by atoms with Gasteiger partial charge in [0.1, 0.15) is 0 Å². The molecule has 1 atom stereocenters. The lowest BCUT2D eigenvalue weighted by Crippen LogP contribution is -2.21. The fourth-order valence-corrected chi connectivity index (χ4v) is 1.13. The van der Waals surface area contributed by atoms with Crippen LogP contribution in [0.5, 0.6) is 0 Å². The van der Waals surface area contributed by atoms with Gasteiger partial charge >= 0.3 is 0 Å². The smallest absolute Gasteiger partial charge is 0.0720 e. The molecule has 0 fully saturated rings. The molecule has 0 aliphatic carbocycles. The van der Waals surface area contributed by atoms with Gasteiger partial charge in [-0.25, -0.2) is 0 Å². The highest BCUT2D eigenvalue weighted by Gasteiger charge is 1.98. The van der Waals surface area contributed by atoms with Crippen molar-refractivity contribution in [3.8, 4) is 0 Å². The van der Waals surface area contributed by atoms with E-state index in [-0.39, 0.29) is 6.04 Å². The van der Waals surface area contributed by atoms with Crippen LogP contribution in [0.3, 0.4) is 0 Å². The normalized spacial score (nSPS) is 12.8. The maximum atomic E-state index is 5.57. The van der Waals surface area contributed by atoms with Gasteiger partial charge in [-0.3, -0.25) is 0 Å². The van der Waals surface area contributed by atoms with Crippen molar-refractivity contribution >= 4 is 0 Å². The Bertz CT molecular complexity index is 258. The Kier molecular flexibility index (Phi) is 3.93. The molecule has 2 N–H and O–H groups in total. The van der Waals surface area contributed by atoms with E-state index < -0.39 is 0 Å². The summed E-state index contributed by atoms with van der Waals surface area (Å²) >= 11 is 0. The van der Waals surface area contributed by atoms with Crippen LogP contribution in [0, 0.1) is 6.92 Å². The zero-order valence-corrected chi connectivity index (χ0v) is 8.29. The van der Waals surface area contributed by atoms with E-state index in [1.807, 2.05) is 19.1 Å². The molecule has 0 radical (unpaired) electrons. The zero-order valence-electron chi connectivity index (χ0n) is 8.29.